The Morgan fingerprint density at radius 3 is 2.37 bits per heavy atom. The highest BCUT2D eigenvalue weighted by atomic mass is 16.6. The number of hydrogen-bond donors (Lipinski definition) is 5. The molecular formula is C40H67NO10. The molecule has 11 heteroatoms. The SMILES string of the molecule is C/C(=C\CC(O)[C@H](C)C[C@@H]1CC[C@@H](O)[C@H](O)C1)[C@@H]1CC(=O)[C@H](C)C[C@H](C)[C@H](C)[C@@H](O)C[C@@H]2CC[C@@H](C)[C@](O)(CC(=O)N3CCCC[C@H]3C(=O)O1)O2. The summed E-state index contributed by atoms with van der Waals surface area (Å²) in [6.07, 6.45) is 4.21. The van der Waals surface area contributed by atoms with E-state index in [0.29, 0.717) is 76.3 Å². The molecule has 3 aliphatic heterocycles. The molecule has 0 aromatic rings. The fraction of sp³-hybridized carbons (Fsp3) is 0.875. The van der Waals surface area contributed by atoms with Gasteiger partial charge in [0.15, 0.2) is 5.79 Å². The van der Waals surface area contributed by atoms with Gasteiger partial charge in [-0.25, -0.2) is 4.79 Å². The van der Waals surface area contributed by atoms with Gasteiger partial charge in [0, 0.05) is 24.8 Å². The van der Waals surface area contributed by atoms with Crippen molar-refractivity contribution in [1.29, 1.82) is 0 Å². The highest BCUT2D eigenvalue weighted by Crippen LogP contribution is 2.39. The summed E-state index contributed by atoms with van der Waals surface area (Å²) in [6.45, 7) is 11.8. The molecule has 14 atom stereocenters. The Hall–Kier alpha value is -1.89. The molecule has 1 saturated carbocycles. The molecule has 1 amide bonds. The molecule has 3 saturated heterocycles. The Labute approximate surface area is 305 Å². The second kappa shape index (κ2) is 18.4. The zero-order chi connectivity index (χ0) is 37.6. The third-order valence-electron chi connectivity index (χ3n) is 12.9. The topological polar surface area (TPSA) is 174 Å². The highest BCUT2D eigenvalue weighted by Gasteiger charge is 2.46. The summed E-state index contributed by atoms with van der Waals surface area (Å²) in [5.74, 6) is -3.43. The first-order chi connectivity index (χ1) is 24.0. The predicted molar refractivity (Wildman–Crippen MR) is 192 cm³/mol. The van der Waals surface area contributed by atoms with Crippen molar-refractivity contribution in [3.63, 3.8) is 0 Å². The molecule has 2 bridgehead atoms. The Morgan fingerprint density at radius 2 is 1.67 bits per heavy atom. The number of amides is 1. The van der Waals surface area contributed by atoms with Crippen LogP contribution in [0.2, 0.25) is 0 Å². The molecule has 4 aliphatic rings. The number of Topliss-reactive ketones (excluding diaryl/α,β-unsaturated/α-hetero) is 1. The average molecular weight is 722 g/mol. The van der Waals surface area contributed by atoms with Crippen molar-refractivity contribution in [3.8, 4) is 0 Å². The van der Waals surface area contributed by atoms with Gasteiger partial charge in [0.05, 0.1) is 36.9 Å². The maximum absolute atomic E-state index is 13.9. The summed E-state index contributed by atoms with van der Waals surface area (Å²) in [5, 5.41) is 54.0. The van der Waals surface area contributed by atoms with Crippen LogP contribution in [0.15, 0.2) is 11.6 Å². The number of nitrogens with zero attached hydrogens (tertiary/aromatic N) is 1. The summed E-state index contributed by atoms with van der Waals surface area (Å²) < 4.78 is 12.3. The van der Waals surface area contributed by atoms with Crippen LogP contribution < -0.4 is 0 Å². The number of piperidine rings is 1. The van der Waals surface area contributed by atoms with Crippen LogP contribution in [-0.2, 0) is 23.9 Å². The van der Waals surface area contributed by atoms with Gasteiger partial charge in [-0.2, -0.15) is 0 Å². The molecule has 0 spiro atoms. The number of fused-ring (bicyclic) bond motifs is 3. The smallest absolute Gasteiger partial charge is 0.329 e. The predicted octanol–water partition coefficient (Wildman–Crippen LogP) is 4.44. The minimum Gasteiger partial charge on any atom is -0.456 e. The Bertz CT molecular complexity index is 1210. The van der Waals surface area contributed by atoms with Crippen LogP contribution in [0.25, 0.3) is 0 Å². The van der Waals surface area contributed by atoms with Crippen molar-refractivity contribution in [2.24, 2.45) is 35.5 Å². The van der Waals surface area contributed by atoms with Crippen molar-refractivity contribution in [3.05, 3.63) is 11.6 Å². The normalized spacial score (nSPS) is 41.2. The molecule has 292 valence electrons. The third-order valence-corrected chi connectivity index (χ3v) is 12.9. The lowest BCUT2D eigenvalue weighted by atomic mass is 9.79. The summed E-state index contributed by atoms with van der Waals surface area (Å²) in [4.78, 5) is 43.0. The number of aliphatic hydroxyl groups is 5. The fourth-order valence-electron chi connectivity index (χ4n) is 8.75. The monoisotopic (exact) mass is 721 g/mol. The number of hydrogen-bond acceptors (Lipinski definition) is 10. The lowest BCUT2D eigenvalue weighted by Crippen LogP contribution is -2.55. The van der Waals surface area contributed by atoms with Crippen molar-refractivity contribution in [2.45, 2.75) is 180 Å². The number of carbonyl (C=O) groups is 3. The van der Waals surface area contributed by atoms with Crippen LogP contribution in [0.5, 0.6) is 0 Å². The van der Waals surface area contributed by atoms with Crippen LogP contribution in [0.1, 0.15) is 131 Å². The van der Waals surface area contributed by atoms with E-state index in [-0.39, 0.29) is 60.0 Å². The van der Waals surface area contributed by atoms with E-state index in [0.717, 1.165) is 12.8 Å². The van der Waals surface area contributed by atoms with Gasteiger partial charge >= 0.3 is 5.97 Å². The van der Waals surface area contributed by atoms with Gasteiger partial charge in [0.2, 0.25) is 5.91 Å². The number of ketones is 1. The summed E-state index contributed by atoms with van der Waals surface area (Å²) >= 11 is 0. The molecule has 4 fully saturated rings. The zero-order valence-corrected chi connectivity index (χ0v) is 31.9. The maximum atomic E-state index is 13.9. The second-order valence-electron chi connectivity index (χ2n) is 17.0. The number of carbonyl (C=O) groups excluding carboxylic acids is 3. The van der Waals surface area contributed by atoms with Crippen LogP contribution in [0.4, 0.5) is 0 Å². The van der Waals surface area contributed by atoms with E-state index in [1.54, 1.807) is 6.92 Å². The van der Waals surface area contributed by atoms with Gasteiger partial charge in [-0.1, -0.05) is 40.7 Å². The zero-order valence-electron chi connectivity index (χ0n) is 31.9. The van der Waals surface area contributed by atoms with E-state index >= 15 is 0 Å². The van der Waals surface area contributed by atoms with Gasteiger partial charge in [-0.3, -0.25) is 9.59 Å². The van der Waals surface area contributed by atoms with Crippen LogP contribution in [-0.4, -0.2) is 103 Å². The number of ether oxygens (including phenoxy) is 2. The van der Waals surface area contributed by atoms with Crippen LogP contribution in [0.3, 0.4) is 0 Å². The van der Waals surface area contributed by atoms with Crippen LogP contribution in [0, 0.1) is 35.5 Å². The minimum absolute atomic E-state index is 0.000536. The van der Waals surface area contributed by atoms with E-state index in [1.807, 2.05) is 40.7 Å². The van der Waals surface area contributed by atoms with Crippen molar-refractivity contribution < 1.29 is 49.4 Å². The Kier molecular flexibility index (Phi) is 15.1. The number of rotatable bonds is 6. The van der Waals surface area contributed by atoms with Crippen molar-refractivity contribution in [1.82, 2.24) is 4.90 Å². The molecule has 0 aromatic heterocycles. The molecule has 51 heavy (non-hydrogen) atoms. The molecule has 5 N–H and O–H groups in total. The van der Waals surface area contributed by atoms with Gasteiger partial charge in [0.1, 0.15) is 17.9 Å². The fourth-order valence-corrected chi connectivity index (χ4v) is 8.75. The maximum Gasteiger partial charge on any atom is 0.329 e. The van der Waals surface area contributed by atoms with Crippen molar-refractivity contribution in [2.75, 3.05) is 6.54 Å². The van der Waals surface area contributed by atoms with Gasteiger partial charge in [0.25, 0.3) is 0 Å². The second-order valence-corrected chi connectivity index (χ2v) is 17.0. The molecule has 1 aliphatic carbocycles. The summed E-state index contributed by atoms with van der Waals surface area (Å²) in [7, 11) is 0. The highest BCUT2D eigenvalue weighted by molar-refractivity contribution is 5.86. The third kappa shape index (κ3) is 11.1. The van der Waals surface area contributed by atoms with E-state index in [2.05, 4.69) is 0 Å². The average Bonchev–Trinajstić information content (AvgIpc) is 3.08. The molecule has 3 heterocycles. The number of aliphatic hydroxyl groups excluding tert-OH is 4. The van der Waals surface area contributed by atoms with E-state index in [9.17, 15) is 39.9 Å². The molecule has 0 radical (unpaired) electrons. The molecular weight excluding hydrogens is 654 g/mol. The standard InChI is InChI=1S/C40H67NO10/c1-23(10-14-32(42)26(4)18-29-12-15-33(43)36(46)19-29)37-21-34(44)25(3)17-24(2)28(6)35(45)20-30-13-11-27(5)40(49,51-30)22-38(47)41-16-8-7-9-31(41)39(48)50-37/h10,24-33,35-37,42-43,45-46,49H,7-9,11-22H2,1-6H3/b23-10+/t24-,25+,26+,27+,28-,29-,30-,31-,32?,33+,35-,36+,37-,40-/m0/s1. The minimum atomic E-state index is -1.72. The van der Waals surface area contributed by atoms with Gasteiger partial charge in [-0.15, -0.1) is 0 Å². The lowest BCUT2D eigenvalue weighted by Gasteiger charge is -2.44. The van der Waals surface area contributed by atoms with Gasteiger partial charge in [-0.05, 0) is 113 Å². The molecule has 0 aromatic carbocycles. The lowest BCUT2D eigenvalue weighted by molar-refractivity contribution is -0.285. The van der Waals surface area contributed by atoms with E-state index < -0.39 is 54.4 Å². The summed E-state index contributed by atoms with van der Waals surface area (Å²) in [6, 6.07) is -0.857. The first-order valence-electron chi connectivity index (χ1n) is 19.8. The largest absolute Gasteiger partial charge is 0.456 e. The Morgan fingerprint density at radius 1 is 0.941 bits per heavy atom. The Balaban J connectivity index is 1.55. The van der Waals surface area contributed by atoms with Gasteiger partial charge < -0.3 is 39.9 Å². The first kappa shape index (κ1) is 41.9. The summed E-state index contributed by atoms with van der Waals surface area (Å²) in [5.41, 5.74) is 0.649. The number of esters is 1. The van der Waals surface area contributed by atoms with E-state index in [1.165, 1.54) is 4.90 Å². The van der Waals surface area contributed by atoms with E-state index in [4.69, 9.17) is 9.47 Å². The quantitative estimate of drug-likeness (QED) is 0.195. The van der Waals surface area contributed by atoms with Crippen molar-refractivity contribution >= 4 is 17.7 Å². The molecule has 4 rings (SSSR count). The first-order valence-corrected chi connectivity index (χ1v) is 19.8. The molecule has 11 nitrogen and oxygen atoms in total. The molecule has 1 unspecified atom stereocenters. The number of cyclic esters (lactones) is 1. The van der Waals surface area contributed by atoms with Crippen LogP contribution >= 0.6 is 0 Å².